The monoisotopic (exact) mass is 395 g/mol. The minimum Gasteiger partial charge on any atom is -0.368 e. The Morgan fingerprint density at radius 3 is 2.39 bits per heavy atom. The topological polar surface area (TPSA) is 54.3 Å². The molecule has 2 heterocycles. The van der Waals surface area contributed by atoms with E-state index in [2.05, 4.69) is 26.1 Å². The number of aromatic nitrogens is 3. The molecular formula is C21H22ClN5O. The molecule has 0 atom stereocenters. The van der Waals surface area contributed by atoms with E-state index in [0.29, 0.717) is 17.8 Å². The van der Waals surface area contributed by atoms with Gasteiger partial charge in [-0.05, 0) is 12.1 Å². The molecule has 0 spiro atoms. The summed E-state index contributed by atoms with van der Waals surface area (Å²) in [6, 6.07) is 17.1. The molecule has 4 rings (SSSR count). The molecule has 0 unspecified atom stereocenters. The van der Waals surface area contributed by atoms with Crippen LogP contribution < -0.4 is 4.90 Å². The summed E-state index contributed by atoms with van der Waals surface area (Å²) in [5.74, 6) is -0.0970. The van der Waals surface area contributed by atoms with Crippen molar-refractivity contribution < 1.29 is 4.79 Å². The lowest BCUT2D eigenvalue weighted by atomic mass is 10.1. The molecule has 0 saturated carbocycles. The van der Waals surface area contributed by atoms with Crippen LogP contribution in [0.4, 0.5) is 5.69 Å². The van der Waals surface area contributed by atoms with Crippen molar-refractivity contribution in [2.45, 2.75) is 6.54 Å². The lowest BCUT2D eigenvalue weighted by molar-refractivity contribution is 0.103. The van der Waals surface area contributed by atoms with E-state index in [1.807, 2.05) is 36.4 Å². The summed E-state index contributed by atoms with van der Waals surface area (Å²) in [7, 11) is 0. The van der Waals surface area contributed by atoms with Gasteiger partial charge in [0.25, 0.3) is 0 Å². The van der Waals surface area contributed by atoms with Gasteiger partial charge in [-0.15, -0.1) is 5.10 Å². The van der Waals surface area contributed by atoms with Crippen molar-refractivity contribution in [3.63, 3.8) is 0 Å². The molecule has 28 heavy (non-hydrogen) atoms. The Morgan fingerprint density at radius 2 is 1.64 bits per heavy atom. The summed E-state index contributed by atoms with van der Waals surface area (Å²) >= 11 is 6.30. The maximum Gasteiger partial charge on any atom is 0.214 e. The van der Waals surface area contributed by atoms with E-state index in [4.69, 9.17) is 11.6 Å². The van der Waals surface area contributed by atoms with E-state index in [9.17, 15) is 4.79 Å². The van der Waals surface area contributed by atoms with E-state index in [1.165, 1.54) is 0 Å². The van der Waals surface area contributed by atoms with Crippen LogP contribution in [-0.4, -0.2) is 58.4 Å². The number of hydrogen-bond acceptors (Lipinski definition) is 5. The van der Waals surface area contributed by atoms with Crippen LogP contribution in [0.25, 0.3) is 0 Å². The summed E-state index contributed by atoms with van der Waals surface area (Å²) in [6.45, 7) is 5.31. The van der Waals surface area contributed by atoms with Crippen molar-refractivity contribution in [1.82, 2.24) is 19.9 Å². The largest absolute Gasteiger partial charge is 0.368 e. The van der Waals surface area contributed by atoms with Gasteiger partial charge in [0.2, 0.25) is 5.78 Å². The van der Waals surface area contributed by atoms with Crippen molar-refractivity contribution in [3.8, 4) is 0 Å². The molecule has 1 saturated heterocycles. The van der Waals surface area contributed by atoms with E-state index >= 15 is 0 Å². The van der Waals surface area contributed by atoms with Gasteiger partial charge in [0.05, 0.1) is 23.5 Å². The SMILES string of the molecule is O=C(c1ccccc1)c1cnn(CCN2CCN(c3ccccc3Cl)CC2)n1. The Hall–Kier alpha value is -2.70. The Kier molecular flexibility index (Phi) is 5.69. The highest BCUT2D eigenvalue weighted by Gasteiger charge is 2.19. The lowest BCUT2D eigenvalue weighted by Gasteiger charge is -2.36. The predicted octanol–water partition coefficient (Wildman–Crippen LogP) is 2.98. The standard InChI is InChI=1S/C21H22ClN5O/c22-18-8-4-5-9-20(18)26-13-10-25(11-14-26)12-15-27-23-16-19(24-27)21(28)17-6-2-1-3-7-17/h1-9,16H,10-15H2. The smallest absolute Gasteiger partial charge is 0.214 e. The van der Waals surface area contributed by atoms with Crippen molar-refractivity contribution >= 4 is 23.1 Å². The van der Waals surface area contributed by atoms with E-state index in [1.54, 1.807) is 23.1 Å². The molecule has 7 heteroatoms. The maximum absolute atomic E-state index is 12.4. The molecule has 1 aliphatic heterocycles. The molecule has 1 aliphatic rings. The molecular weight excluding hydrogens is 374 g/mol. The van der Waals surface area contributed by atoms with Crippen LogP contribution >= 0.6 is 11.6 Å². The van der Waals surface area contributed by atoms with E-state index in [-0.39, 0.29) is 5.78 Å². The Balaban J connectivity index is 1.29. The highest BCUT2D eigenvalue weighted by molar-refractivity contribution is 6.33. The molecule has 2 aromatic carbocycles. The average Bonchev–Trinajstić information content (AvgIpc) is 3.22. The second kappa shape index (κ2) is 8.54. The molecule has 6 nitrogen and oxygen atoms in total. The van der Waals surface area contributed by atoms with Gasteiger partial charge in [0, 0.05) is 38.3 Å². The van der Waals surface area contributed by atoms with E-state index in [0.717, 1.165) is 43.4 Å². The molecule has 3 aromatic rings. The normalized spacial score (nSPS) is 15.0. The molecule has 0 radical (unpaired) electrons. The molecule has 0 amide bonds. The highest BCUT2D eigenvalue weighted by Crippen LogP contribution is 2.25. The fourth-order valence-corrected chi connectivity index (χ4v) is 3.65. The third-order valence-electron chi connectivity index (χ3n) is 4.99. The number of hydrogen-bond donors (Lipinski definition) is 0. The third-order valence-corrected chi connectivity index (χ3v) is 5.31. The predicted molar refractivity (Wildman–Crippen MR) is 110 cm³/mol. The van der Waals surface area contributed by atoms with Gasteiger partial charge in [0.1, 0.15) is 0 Å². The number of benzene rings is 2. The van der Waals surface area contributed by atoms with Crippen LogP contribution in [-0.2, 0) is 6.54 Å². The Morgan fingerprint density at radius 1 is 0.929 bits per heavy atom. The van der Waals surface area contributed by atoms with Gasteiger partial charge in [-0.1, -0.05) is 54.1 Å². The molecule has 144 valence electrons. The molecule has 1 aromatic heterocycles. The van der Waals surface area contributed by atoms with Crippen LogP contribution in [0.3, 0.4) is 0 Å². The van der Waals surface area contributed by atoms with Crippen LogP contribution in [0.5, 0.6) is 0 Å². The quantitative estimate of drug-likeness (QED) is 0.600. The van der Waals surface area contributed by atoms with Crippen LogP contribution in [0, 0.1) is 0 Å². The number of carbonyl (C=O) groups is 1. The minimum absolute atomic E-state index is 0.0970. The number of piperazine rings is 1. The first-order chi connectivity index (χ1) is 13.7. The average molecular weight is 396 g/mol. The number of rotatable bonds is 6. The van der Waals surface area contributed by atoms with Crippen molar-refractivity contribution in [2.75, 3.05) is 37.6 Å². The Bertz CT molecular complexity index is 935. The van der Waals surface area contributed by atoms with Gasteiger partial charge in [-0.25, -0.2) is 0 Å². The summed E-state index contributed by atoms with van der Waals surface area (Å²) < 4.78 is 0. The second-order valence-electron chi connectivity index (χ2n) is 6.80. The van der Waals surface area contributed by atoms with Crippen molar-refractivity contribution in [3.05, 3.63) is 77.1 Å². The zero-order valence-electron chi connectivity index (χ0n) is 15.5. The third kappa shape index (κ3) is 4.24. The summed E-state index contributed by atoms with van der Waals surface area (Å²) in [5, 5.41) is 9.40. The van der Waals surface area contributed by atoms with E-state index < -0.39 is 0 Å². The van der Waals surface area contributed by atoms with Gasteiger partial charge >= 0.3 is 0 Å². The maximum atomic E-state index is 12.4. The first-order valence-corrected chi connectivity index (χ1v) is 9.80. The fraction of sp³-hybridized carbons (Fsp3) is 0.286. The zero-order valence-corrected chi connectivity index (χ0v) is 16.3. The second-order valence-corrected chi connectivity index (χ2v) is 7.21. The summed E-state index contributed by atoms with van der Waals surface area (Å²) in [4.78, 5) is 18.7. The lowest BCUT2D eigenvalue weighted by Crippen LogP contribution is -2.47. The first-order valence-electron chi connectivity index (χ1n) is 9.42. The molecule has 0 aliphatic carbocycles. The Labute approximate surface area is 169 Å². The molecule has 0 bridgehead atoms. The fourth-order valence-electron chi connectivity index (χ4n) is 3.40. The number of anilines is 1. The van der Waals surface area contributed by atoms with Gasteiger partial charge in [-0.3, -0.25) is 9.69 Å². The number of ketones is 1. The van der Waals surface area contributed by atoms with Crippen LogP contribution in [0.15, 0.2) is 60.8 Å². The number of nitrogens with zero attached hydrogens (tertiary/aromatic N) is 5. The van der Waals surface area contributed by atoms with Crippen molar-refractivity contribution in [1.29, 1.82) is 0 Å². The highest BCUT2D eigenvalue weighted by atomic mass is 35.5. The summed E-state index contributed by atoms with van der Waals surface area (Å²) in [5.41, 5.74) is 2.11. The van der Waals surface area contributed by atoms with Crippen LogP contribution in [0.1, 0.15) is 16.1 Å². The van der Waals surface area contributed by atoms with Crippen molar-refractivity contribution in [2.24, 2.45) is 0 Å². The van der Waals surface area contributed by atoms with Crippen LogP contribution in [0.2, 0.25) is 5.02 Å². The first kappa shape index (κ1) is 18.7. The molecule has 0 N–H and O–H groups in total. The number of carbonyl (C=O) groups excluding carboxylic acids is 1. The van der Waals surface area contributed by atoms with Gasteiger partial charge < -0.3 is 4.90 Å². The van der Waals surface area contributed by atoms with Gasteiger partial charge in [-0.2, -0.15) is 9.90 Å². The number of para-hydroxylation sites is 1. The molecule has 1 fully saturated rings. The number of halogens is 1. The minimum atomic E-state index is -0.0970. The summed E-state index contributed by atoms with van der Waals surface area (Å²) in [6.07, 6.45) is 1.55. The van der Waals surface area contributed by atoms with Gasteiger partial charge in [0.15, 0.2) is 5.69 Å². The zero-order chi connectivity index (χ0) is 19.3.